The van der Waals surface area contributed by atoms with Crippen LogP contribution >= 0.6 is 0 Å². The van der Waals surface area contributed by atoms with E-state index in [0.717, 1.165) is 64.9 Å². The number of piperidine rings is 1. The van der Waals surface area contributed by atoms with E-state index in [1.807, 2.05) is 82.8 Å². The molecule has 6 aromatic rings. The van der Waals surface area contributed by atoms with Crippen molar-refractivity contribution in [2.75, 3.05) is 26.2 Å². The van der Waals surface area contributed by atoms with Crippen LogP contribution in [0.3, 0.4) is 0 Å². The first-order valence-corrected chi connectivity index (χ1v) is 14.8. The third-order valence-corrected chi connectivity index (χ3v) is 9.04. The molecule has 0 spiro atoms. The lowest BCUT2D eigenvalue weighted by Gasteiger charge is -2.53. The number of likely N-dealkylation sites (tertiary alicyclic amines) is 2. The molecule has 8 rings (SSSR count). The Morgan fingerprint density at radius 3 is 2.66 bits per heavy atom. The molecule has 2 aliphatic rings. The third-order valence-electron chi connectivity index (χ3n) is 9.04. The molecule has 218 valence electrons. The van der Waals surface area contributed by atoms with E-state index >= 15 is 0 Å². The number of benzene rings is 2. The van der Waals surface area contributed by atoms with E-state index in [4.69, 9.17) is 4.42 Å². The van der Waals surface area contributed by atoms with Crippen molar-refractivity contribution in [1.29, 1.82) is 5.26 Å². The molecule has 0 atom stereocenters. The van der Waals surface area contributed by atoms with Crippen molar-refractivity contribution in [1.82, 2.24) is 39.5 Å². The number of nitriles is 1. The van der Waals surface area contributed by atoms with Crippen molar-refractivity contribution >= 4 is 28.0 Å². The normalized spacial score (nSPS) is 17.1. The largest absolute Gasteiger partial charge is 0.436 e. The quantitative estimate of drug-likeness (QED) is 0.294. The van der Waals surface area contributed by atoms with Gasteiger partial charge in [0.15, 0.2) is 5.58 Å². The van der Waals surface area contributed by atoms with Crippen LogP contribution in [0, 0.1) is 11.3 Å². The van der Waals surface area contributed by atoms with Gasteiger partial charge in [-0.15, -0.1) is 0 Å². The number of rotatable bonds is 6. The summed E-state index contributed by atoms with van der Waals surface area (Å²) in [6, 6.07) is 19.9. The maximum absolute atomic E-state index is 13.3. The molecular formula is C33H29N9O2. The van der Waals surface area contributed by atoms with E-state index < -0.39 is 0 Å². The number of para-hydroxylation sites is 2. The Hall–Kier alpha value is -5.34. The highest BCUT2D eigenvalue weighted by Crippen LogP contribution is 2.37. The molecule has 11 nitrogen and oxygen atoms in total. The summed E-state index contributed by atoms with van der Waals surface area (Å²) in [6.45, 7) is 2.90. The number of hydrogen-bond acceptors (Lipinski definition) is 8. The molecule has 0 aliphatic carbocycles. The van der Waals surface area contributed by atoms with Gasteiger partial charge in [-0.05, 0) is 55.3 Å². The number of H-pyrrole nitrogens is 1. The number of aromatic nitrogens is 6. The molecule has 2 saturated heterocycles. The molecule has 44 heavy (non-hydrogen) atoms. The van der Waals surface area contributed by atoms with Crippen LogP contribution in [-0.4, -0.2) is 77.6 Å². The molecule has 0 bridgehead atoms. The van der Waals surface area contributed by atoms with Gasteiger partial charge >= 0.3 is 0 Å². The number of fused-ring (bicyclic) bond motifs is 2. The summed E-state index contributed by atoms with van der Waals surface area (Å²) in [5, 5.41) is 15.3. The van der Waals surface area contributed by atoms with Crippen LogP contribution in [0.15, 0.2) is 83.9 Å². The van der Waals surface area contributed by atoms with Crippen LogP contribution in [0.2, 0.25) is 0 Å². The number of oxazole rings is 1. The molecule has 1 amide bonds. The van der Waals surface area contributed by atoms with Gasteiger partial charge in [0.05, 0.1) is 24.4 Å². The summed E-state index contributed by atoms with van der Waals surface area (Å²) in [5.74, 6) is 0.590. The van der Waals surface area contributed by atoms with Gasteiger partial charge in [-0.25, -0.2) is 15.0 Å². The predicted molar refractivity (Wildman–Crippen MR) is 163 cm³/mol. The predicted octanol–water partition coefficient (Wildman–Crippen LogP) is 4.86. The van der Waals surface area contributed by atoms with Gasteiger partial charge in [0.2, 0.25) is 5.89 Å². The monoisotopic (exact) mass is 583 g/mol. The fourth-order valence-electron chi connectivity index (χ4n) is 6.63. The van der Waals surface area contributed by atoms with E-state index in [9.17, 15) is 10.1 Å². The van der Waals surface area contributed by atoms with Gasteiger partial charge in [-0.2, -0.15) is 10.4 Å². The van der Waals surface area contributed by atoms with Crippen LogP contribution in [0.25, 0.3) is 44.8 Å². The van der Waals surface area contributed by atoms with Crippen molar-refractivity contribution in [3.8, 4) is 28.8 Å². The molecule has 2 aromatic carbocycles. The molecule has 4 aromatic heterocycles. The molecule has 0 saturated carbocycles. The molecule has 1 N–H and O–H groups in total. The van der Waals surface area contributed by atoms with Crippen molar-refractivity contribution in [3.05, 3.63) is 85.1 Å². The Morgan fingerprint density at radius 1 is 1.05 bits per heavy atom. The smallest absolute Gasteiger partial charge is 0.253 e. The first-order chi connectivity index (χ1) is 21.6. The topological polar surface area (TPSA) is 133 Å². The Kier molecular flexibility index (Phi) is 6.23. The molecule has 11 heteroatoms. The second-order valence-electron chi connectivity index (χ2n) is 11.7. The lowest BCUT2D eigenvalue weighted by molar-refractivity contribution is -0.0412. The van der Waals surface area contributed by atoms with E-state index in [1.54, 1.807) is 6.33 Å². The van der Waals surface area contributed by atoms with Crippen molar-refractivity contribution < 1.29 is 9.21 Å². The van der Waals surface area contributed by atoms with Crippen molar-refractivity contribution in [3.63, 3.8) is 0 Å². The third kappa shape index (κ3) is 4.42. The van der Waals surface area contributed by atoms with E-state index in [-0.39, 0.29) is 11.4 Å². The summed E-state index contributed by atoms with van der Waals surface area (Å²) in [4.78, 5) is 34.2. The standard InChI is InChI=1S/C33H29N9O2/c34-13-12-33(42-18-24(17-38-42)29-26-9-14-35-30(26)37-21-36-29)19-41(20-33)25-10-15-40(16-11-25)32(43)23-7-5-22(6-8-23)31-39-27-3-1-2-4-28(27)44-31/h1-9,14,17-18,21,25H,10-12,15-16,19-20H2,(H,35,36,37). The van der Waals surface area contributed by atoms with Gasteiger partial charge in [0.1, 0.15) is 23.0 Å². The van der Waals surface area contributed by atoms with E-state index in [0.29, 0.717) is 37.0 Å². The molecular weight excluding hydrogens is 554 g/mol. The van der Waals surface area contributed by atoms with Gasteiger partial charge in [0.25, 0.3) is 5.91 Å². The zero-order valence-corrected chi connectivity index (χ0v) is 23.9. The number of amides is 1. The Morgan fingerprint density at radius 2 is 1.86 bits per heavy atom. The maximum Gasteiger partial charge on any atom is 0.253 e. The second kappa shape index (κ2) is 10.4. The highest BCUT2D eigenvalue weighted by molar-refractivity contribution is 5.94. The van der Waals surface area contributed by atoms with Gasteiger partial charge in [0, 0.05) is 66.7 Å². The SMILES string of the molecule is N#CCC1(n2cc(-c3ncnc4[nH]ccc34)cn2)CN(C2CCN(C(=O)c3ccc(-c4nc5ccccc5o4)cc3)CC2)C1. The molecule has 0 radical (unpaired) electrons. The lowest BCUT2D eigenvalue weighted by Crippen LogP contribution is -2.66. The number of carbonyl (C=O) groups excluding carboxylic acids is 1. The highest BCUT2D eigenvalue weighted by atomic mass is 16.3. The van der Waals surface area contributed by atoms with Crippen LogP contribution < -0.4 is 0 Å². The van der Waals surface area contributed by atoms with Gasteiger partial charge in [-0.1, -0.05) is 12.1 Å². The Bertz CT molecular complexity index is 1990. The number of hydrogen-bond donors (Lipinski definition) is 1. The fourth-order valence-corrected chi connectivity index (χ4v) is 6.63. The summed E-state index contributed by atoms with van der Waals surface area (Å²) < 4.78 is 7.82. The summed E-state index contributed by atoms with van der Waals surface area (Å²) >= 11 is 0. The molecule has 6 heterocycles. The zero-order chi connectivity index (χ0) is 29.7. The minimum atomic E-state index is -0.374. The average Bonchev–Trinajstić information content (AvgIpc) is 3.82. The molecule has 0 unspecified atom stereocenters. The number of nitrogens with zero attached hydrogens (tertiary/aromatic N) is 8. The number of nitrogens with one attached hydrogen (secondary N) is 1. The number of carbonyl (C=O) groups is 1. The first kappa shape index (κ1) is 26.3. The van der Waals surface area contributed by atoms with Gasteiger partial charge < -0.3 is 14.3 Å². The Balaban J connectivity index is 0.902. The van der Waals surface area contributed by atoms with Crippen LogP contribution in [0.1, 0.15) is 29.6 Å². The van der Waals surface area contributed by atoms with E-state index in [1.165, 1.54) is 0 Å². The summed E-state index contributed by atoms with van der Waals surface area (Å²) in [5.41, 5.74) is 5.20. The minimum absolute atomic E-state index is 0.0420. The van der Waals surface area contributed by atoms with Gasteiger partial charge in [-0.3, -0.25) is 14.4 Å². The van der Waals surface area contributed by atoms with Crippen LogP contribution in [-0.2, 0) is 5.54 Å². The lowest BCUT2D eigenvalue weighted by atomic mass is 9.83. The van der Waals surface area contributed by atoms with E-state index in [2.05, 4.69) is 36.0 Å². The maximum atomic E-state index is 13.3. The van der Waals surface area contributed by atoms with Crippen molar-refractivity contribution in [2.45, 2.75) is 30.8 Å². The summed E-state index contributed by atoms with van der Waals surface area (Å²) in [6.07, 6.45) is 9.39. The molecule has 2 fully saturated rings. The fraction of sp³-hybridized carbons (Fsp3) is 0.273. The highest BCUT2D eigenvalue weighted by Gasteiger charge is 2.48. The average molecular weight is 584 g/mol. The molecule has 2 aliphatic heterocycles. The van der Waals surface area contributed by atoms with Crippen LogP contribution in [0.5, 0.6) is 0 Å². The Labute approximate surface area is 252 Å². The first-order valence-electron chi connectivity index (χ1n) is 14.8. The second-order valence-corrected chi connectivity index (χ2v) is 11.7. The zero-order valence-electron chi connectivity index (χ0n) is 23.9. The summed E-state index contributed by atoms with van der Waals surface area (Å²) in [7, 11) is 0. The minimum Gasteiger partial charge on any atom is -0.436 e. The van der Waals surface area contributed by atoms with Crippen LogP contribution in [0.4, 0.5) is 0 Å². The van der Waals surface area contributed by atoms with Crippen molar-refractivity contribution in [2.24, 2.45) is 0 Å². The number of aromatic amines is 1.